The molecule has 0 saturated carbocycles. The lowest BCUT2D eigenvalue weighted by Gasteiger charge is -2.18. The van der Waals surface area contributed by atoms with Crippen LogP contribution in [0.15, 0.2) is 12.1 Å². The van der Waals surface area contributed by atoms with Gasteiger partial charge < -0.3 is 14.2 Å². The number of benzene rings is 1. The fourth-order valence-electron chi connectivity index (χ4n) is 2.26. The van der Waals surface area contributed by atoms with Crippen molar-refractivity contribution in [3.63, 3.8) is 0 Å². The van der Waals surface area contributed by atoms with Crippen LogP contribution in [0, 0.1) is 25.2 Å². The molecule has 0 radical (unpaired) electrons. The Morgan fingerprint density at radius 1 is 1.37 bits per heavy atom. The van der Waals surface area contributed by atoms with Gasteiger partial charge in [-0.25, -0.2) is 0 Å². The summed E-state index contributed by atoms with van der Waals surface area (Å²) >= 11 is 0. The van der Waals surface area contributed by atoms with Crippen molar-refractivity contribution in [1.82, 2.24) is 0 Å². The molecule has 1 fully saturated rings. The first-order valence-electron chi connectivity index (χ1n) is 6.37. The van der Waals surface area contributed by atoms with Gasteiger partial charge in [-0.3, -0.25) is 0 Å². The normalized spacial score (nSPS) is 21.1. The maximum Gasteiger partial charge on any atom is 0.163 e. The van der Waals surface area contributed by atoms with E-state index in [4.69, 9.17) is 19.5 Å². The van der Waals surface area contributed by atoms with E-state index in [9.17, 15) is 0 Å². The summed E-state index contributed by atoms with van der Waals surface area (Å²) in [6.07, 6.45) is -0.0514. The molecule has 0 unspecified atom stereocenters. The van der Waals surface area contributed by atoms with E-state index in [2.05, 4.69) is 6.07 Å². The summed E-state index contributed by atoms with van der Waals surface area (Å²) in [7, 11) is 0. The SMILES string of the molecule is Cc1cc(C#N)cc(C)c1OC[C@@H]1COC(C)(C)O1. The molecule has 1 atom stereocenters. The quantitative estimate of drug-likeness (QED) is 0.839. The Kier molecular flexibility index (Phi) is 3.79. The molecule has 4 nitrogen and oxygen atoms in total. The highest BCUT2D eigenvalue weighted by molar-refractivity contribution is 5.47. The minimum atomic E-state index is -0.525. The van der Waals surface area contributed by atoms with E-state index in [1.54, 1.807) is 0 Å². The summed E-state index contributed by atoms with van der Waals surface area (Å²) in [5.41, 5.74) is 2.59. The Labute approximate surface area is 113 Å². The van der Waals surface area contributed by atoms with Crippen molar-refractivity contribution in [1.29, 1.82) is 5.26 Å². The van der Waals surface area contributed by atoms with Crippen LogP contribution in [-0.4, -0.2) is 25.1 Å². The van der Waals surface area contributed by atoms with Crippen molar-refractivity contribution >= 4 is 0 Å². The smallest absolute Gasteiger partial charge is 0.163 e. The number of nitriles is 1. The van der Waals surface area contributed by atoms with E-state index < -0.39 is 5.79 Å². The van der Waals surface area contributed by atoms with Crippen LogP contribution in [0.3, 0.4) is 0 Å². The molecule has 1 saturated heterocycles. The second-order valence-electron chi connectivity index (χ2n) is 5.31. The van der Waals surface area contributed by atoms with Gasteiger partial charge in [0.15, 0.2) is 5.79 Å². The van der Waals surface area contributed by atoms with Crippen molar-refractivity contribution in [2.45, 2.75) is 39.6 Å². The number of ether oxygens (including phenoxy) is 3. The van der Waals surface area contributed by atoms with Gasteiger partial charge in [-0.05, 0) is 51.0 Å². The van der Waals surface area contributed by atoms with Gasteiger partial charge in [0, 0.05) is 0 Å². The lowest BCUT2D eigenvalue weighted by molar-refractivity contribution is -0.141. The Morgan fingerprint density at radius 3 is 2.47 bits per heavy atom. The average molecular weight is 261 g/mol. The first-order chi connectivity index (χ1) is 8.91. The van der Waals surface area contributed by atoms with Crippen LogP contribution in [0.5, 0.6) is 5.75 Å². The molecular formula is C15H19NO3. The summed E-state index contributed by atoms with van der Waals surface area (Å²) in [6, 6.07) is 5.81. The van der Waals surface area contributed by atoms with Gasteiger partial charge in [-0.2, -0.15) is 5.26 Å². The molecule has 0 aromatic heterocycles. The van der Waals surface area contributed by atoms with Gasteiger partial charge >= 0.3 is 0 Å². The molecule has 0 aliphatic carbocycles. The highest BCUT2D eigenvalue weighted by Gasteiger charge is 2.33. The van der Waals surface area contributed by atoms with E-state index in [1.165, 1.54) is 0 Å². The molecule has 1 aromatic carbocycles. The fraction of sp³-hybridized carbons (Fsp3) is 0.533. The number of hydrogen-bond donors (Lipinski definition) is 0. The lowest BCUT2D eigenvalue weighted by Crippen LogP contribution is -2.25. The van der Waals surface area contributed by atoms with Crippen molar-refractivity contribution in [3.8, 4) is 11.8 Å². The first kappa shape index (κ1) is 13.9. The van der Waals surface area contributed by atoms with E-state index in [1.807, 2.05) is 39.8 Å². The predicted molar refractivity (Wildman–Crippen MR) is 71.0 cm³/mol. The van der Waals surface area contributed by atoms with Gasteiger partial charge in [-0.15, -0.1) is 0 Å². The van der Waals surface area contributed by atoms with Crippen LogP contribution in [0.4, 0.5) is 0 Å². The highest BCUT2D eigenvalue weighted by atomic mass is 16.7. The number of aryl methyl sites for hydroxylation is 2. The topological polar surface area (TPSA) is 51.5 Å². The number of rotatable bonds is 3. The molecule has 1 aliphatic rings. The zero-order chi connectivity index (χ0) is 14.0. The van der Waals surface area contributed by atoms with Crippen molar-refractivity contribution in [2.75, 3.05) is 13.2 Å². The Morgan fingerprint density at radius 2 is 2.00 bits per heavy atom. The summed E-state index contributed by atoms with van der Waals surface area (Å²) in [4.78, 5) is 0. The third-order valence-electron chi connectivity index (χ3n) is 3.07. The average Bonchev–Trinajstić information content (AvgIpc) is 2.67. The van der Waals surface area contributed by atoms with Crippen LogP contribution < -0.4 is 4.74 Å². The van der Waals surface area contributed by atoms with Gasteiger partial charge in [0.2, 0.25) is 0 Å². The van der Waals surface area contributed by atoms with Crippen LogP contribution in [0.2, 0.25) is 0 Å². The zero-order valence-corrected chi connectivity index (χ0v) is 11.8. The van der Waals surface area contributed by atoms with Gasteiger partial charge in [0.25, 0.3) is 0 Å². The molecule has 0 spiro atoms. The maximum atomic E-state index is 8.91. The lowest BCUT2D eigenvalue weighted by atomic mass is 10.1. The maximum absolute atomic E-state index is 8.91. The predicted octanol–water partition coefficient (Wildman–Crippen LogP) is 2.71. The van der Waals surface area contributed by atoms with Gasteiger partial charge in [-0.1, -0.05) is 0 Å². The summed E-state index contributed by atoms with van der Waals surface area (Å²) in [6.45, 7) is 8.67. The molecule has 19 heavy (non-hydrogen) atoms. The summed E-state index contributed by atoms with van der Waals surface area (Å²) in [5.74, 6) is 0.301. The third kappa shape index (κ3) is 3.25. The zero-order valence-electron chi connectivity index (χ0n) is 11.8. The Bertz CT molecular complexity index is 494. The Balaban J connectivity index is 2.03. The molecule has 2 rings (SSSR count). The molecule has 102 valence electrons. The number of hydrogen-bond acceptors (Lipinski definition) is 4. The van der Waals surface area contributed by atoms with Crippen molar-refractivity contribution in [3.05, 3.63) is 28.8 Å². The minimum Gasteiger partial charge on any atom is -0.490 e. The second kappa shape index (κ2) is 5.20. The molecule has 0 bridgehead atoms. The van der Waals surface area contributed by atoms with Crippen LogP contribution in [0.1, 0.15) is 30.5 Å². The monoisotopic (exact) mass is 261 g/mol. The number of nitrogens with zero attached hydrogens (tertiary/aromatic N) is 1. The Hall–Kier alpha value is -1.57. The molecule has 0 amide bonds. The molecule has 0 N–H and O–H groups in total. The van der Waals surface area contributed by atoms with Gasteiger partial charge in [0.1, 0.15) is 18.5 Å². The van der Waals surface area contributed by atoms with E-state index >= 15 is 0 Å². The van der Waals surface area contributed by atoms with Gasteiger partial charge in [0.05, 0.1) is 18.2 Å². The van der Waals surface area contributed by atoms with Crippen LogP contribution >= 0.6 is 0 Å². The van der Waals surface area contributed by atoms with Crippen LogP contribution in [0.25, 0.3) is 0 Å². The largest absolute Gasteiger partial charge is 0.490 e. The van der Waals surface area contributed by atoms with E-state index in [0.717, 1.165) is 16.9 Å². The van der Waals surface area contributed by atoms with Crippen molar-refractivity contribution in [2.24, 2.45) is 0 Å². The fourth-order valence-corrected chi connectivity index (χ4v) is 2.26. The van der Waals surface area contributed by atoms with E-state index in [0.29, 0.717) is 18.8 Å². The minimum absolute atomic E-state index is 0.0514. The molecule has 1 heterocycles. The molecular weight excluding hydrogens is 242 g/mol. The first-order valence-corrected chi connectivity index (χ1v) is 6.37. The highest BCUT2D eigenvalue weighted by Crippen LogP contribution is 2.27. The third-order valence-corrected chi connectivity index (χ3v) is 3.07. The standard InChI is InChI=1S/C15H19NO3/c1-10-5-12(7-16)6-11(2)14(10)17-8-13-9-18-15(3,4)19-13/h5-6,13H,8-9H2,1-4H3/t13-/m1/s1. The summed E-state index contributed by atoms with van der Waals surface area (Å²) < 4.78 is 17.0. The van der Waals surface area contributed by atoms with Crippen LogP contribution in [-0.2, 0) is 9.47 Å². The molecule has 4 heteroatoms. The van der Waals surface area contributed by atoms with E-state index in [-0.39, 0.29) is 6.10 Å². The van der Waals surface area contributed by atoms with Crippen molar-refractivity contribution < 1.29 is 14.2 Å². The molecule has 1 aliphatic heterocycles. The second-order valence-corrected chi connectivity index (χ2v) is 5.31. The molecule has 1 aromatic rings. The summed E-state index contributed by atoms with van der Waals surface area (Å²) in [5, 5.41) is 8.91.